The first kappa shape index (κ1) is 14.8. The summed E-state index contributed by atoms with van der Waals surface area (Å²) in [6.45, 7) is 1.93. The molecule has 1 aliphatic rings. The molecule has 3 aromatic rings. The zero-order valence-corrected chi connectivity index (χ0v) is 13.4. The van der Waals surface area contributed by atoms with Crippen LogP contribution in [0.15, 0.2) is 36.9 Å². The number of ether oxygens (including phenoxy) is 1. The first-order valence-corrected chi connectivity index (χ1v) is 7.92. The van der Waals surface area contributed by atoms with Crippen molar-refractivity contribution in [2.45, 2.75) is 12.5 Å². The summed E-state index contributed by atoms with van der Waals surface area (Å²) in [4.78, 5) is 17.7. The summed E-state index contributed by atoms with van der Waals surface area (Å²) in [6.07, 6.45) is 7.96. The van der Waals surface area contributed by atoms with Gasteiger partial charge in [-0.15, -0.1) is 0 Å². The van der Waals surface area contributed by atoms with E-state index < -0.39 is 0 Å². The highest BCUT2D eigenvalue weighted by atomic mass is 16.5. The summed E-state index contributed by atoms with van der Waals surface area (Å²) in [5.74, 6) is 2.09. The Morgan fingerprint density at radius 1 is 1.17 bits per heavy atom. The monoisotopic (exact) mass is 322 g/mol. The van der Waals surface area contributed by atoms with Gasteiger partial charge >= 0.3 is 0 Å². The van der Waals surface area contributed by atoms with Crippen molar-refractivity contribution in [2.24, 2.45) is 0 Å². The minimum atomic E-state index is 0.339. The van der Waals surface area contributed by atoms with Gasteiger partial charge in [-0.25, -0.2) is 9.97 Å². The molecule has 0 unspecified atom stereocenters. The molecular weight excluding hydrogens is 304 g/mol. The van der Waals surface area contributed by atoms with Gasteiger partial charge in [-0.2, -0.15) is 0 Å². The topological polar surface area (TPSA) is 84.9 Å². The van der Waals surface area contributed by atoms with E-state index in [2.05, 4.69) is 25.6 Å². The Kier molecular flexibility index (Phi) is 3.92. The second-order valence-corrected chi connectivity index (χ2v) is 5.70. The van der Waals surface area contributed by atoms with Gasteiger partial charge < -0.3 is 15.4 Å². The Bertz CT molecular complexity index is 848. The van der Waals surface area contributed by atoms with Crippen LogP contribution >= 0.6 is 0 Å². The maximum absolute atomic E-state index is 5.47. The summed E-state index contributed by atoms with van der Waals surface area (Å²) in [6, 6.07) is 4.14. The van der Waals surface area contributed by atoms with E-state index in [1.807, 2.05) is 12.1 Å². The number of hydrogen-bond donors (Lipinski definition) is 2. The van der Waals surface area contributed by atoms with Crippen LogP contribution in [0.1, 0.15) is 6.42 Å². The molecule has 122 valence electrons. The second-order valence-electron chi connectivity index (χ2n) is 5.70. The molecular formula is C17H18N6O. The van der Waals surface area contributed by atoms with E-state index in [1.165, 1.54) is 0 Å². The quantitative estimate of drug-likeness (QED) is 0.758. The lowest BCUT2D eigenvalue weighted by molar-refractivity contribution is 0.418. The summed E-state index contributed by atoms with van der Waals surface area (Å²) >= 11 is 0. The molecule has 24 heavy (non-hydrogen) atoms. The molecule has 0 amide bonds. The lowest BCUT2D eigenvalue weighted by Gasteiger charge is -2.16. The molecule has 0 spiro atoms. The van der Waals surface area contributed by atoms with Gasteiger partial charge in [0.15, 0.2) is 5.82 Å². The molecule has 2 N–H and O–H groups in total. The van der Waals surface area contributed by atoms with Crippen molar-refractivity contribution in [3.63, 3.8) is 0 Å². The number of pyridine rings is 2. The van der Waals surface area contributed by atoms with Gasteiger partial charge in [0.1, 0.15) is 11.6 Å². The molecule has 7 nitrogen and oxygen atoms in total. The highest BCUT2D eigenvalue weighted by Crippen LogP contribution is 2.31. The zero-order chi connectivity index (χ0) is 16.4. The zero-order valence-electron chi connectivity index (χ0n) is 13.4. The fourth-order valence-electron chi connectivity index (χ4n) is 2.92. The normalized spacial score (nSPS) is 17.1. The van der Waals surface area contributed by atoms with Crippen molar-refractivity contribution in [2.75, 3.05) is 25.5 Å². The SMILES string of the molecule is COc1cncc2nc(-c3ccncc3)nc(N[C@@H]3CCNC3)c12. The van der Waals surface area contributed by atoms with Crippen molar-refractivity contribution in [1.29, 1.82) is 0 Å². The average molecular weight is 322 g/mol. The summed E-state index contributed by atoms with van der Waals surface area (Å²) < 4.78 is 5.47. The molecule has 0 saturated carbocycles. The van der Waals surface area contributed by atoms with Crippen molar-refractivity contribution < 1.29 is 4.74 Å². The van der Waals surface area contributed by atoms with E-state index >= 15 is 0 Å². The molecule has 1 aliphatic heterocycles. The van der Waals surface area contributed by atoms with Gasteiger partial charge in [-0.1, -0.05) is 0 Å². The number of nitrogens with one attached hydrogen (secondary N) is 2. The van der Waals surface area contributed by atoms with Crippen LogP contribution in [0.25, 0.3) is 22.3 Å². The van der Waals surface area contributed by atoms with Crippen LogP contribution in [0.3, 0.4) is 0 Å². The van der Waals surface area contributed by atoms with E-state index in [0.29, 0.717) is 17.6 Å². The molecule has 0 aromatic carbocycles. The minimum absolute atomic E-state index is 0.339. The second kappa shape index (κ2) is 6.37. The molecule has 1 atom stereocenters. The van der Waals surface area contributed by atoms with Crippen LogP contribution in [-0.4, -0.2) is 46.2 Å². The van der Waals surface area contributed by atoms with Gasteiger partial charge in [-0.3, -0.25) is 9.97 Å². The maximum atomic E-state index is 5.47. The summed E-state index contributed by atoms with van der Waals surface area (Å²) in [7, 11) is 1.63. The predicted octanol–water partition coefficient (Wildman–Crippen LogP) is 1.87. The van der Waals surface area contributed by atoms with Crippen LogP contribution in [0, 0.1) is 0 Å². The molecule has 0 radical (unpaired) electrons. The molecule has 1 saturated heterocycles. The lowest BCUT2D eigenvalue weighted by atomic mass is 10.2. The molecule has 4 rings (SSSR count). The molecule has 3 aromatic heterocycles. The molecule has 0 bridgehead atoms. The number of nitrogens with zero attached hydrogens (tertiary/aromatic N) is 4. The van der Waals surface area contributed by atoms with Crippen LogP contribution < -0.4 is 15.4 Å². The summed E-state index contributed by atoms with van der Waals surface area (Å²) in [5, 5.41) is 7.75. The minimum Gasteiger partial charge on any atom is -0.494 e. The molecule has 7 heteroatoms. The van der Waals surface area contributed by atoms with E-state index in [0.717, 1.165) is 41.8 Å². The number of rotatable bonds is 4. The Morgan fingerprint density at radius 3 is 2.79 bits per heavy atom. The highest BCUT2D eigenvalue weighted by Gasteiger charge is 2.19. The first-order valence-electron chi connectivity index (χ1n) is 7.92. The Balaban J connectivity index is 1.87. The maximum Gasteiger partial charge on any atom is 0.162 e. The number of fused-ring (bicyclic) bond motifs is 1. The predicted molar refractivity (Wildman–Crippen MR) is 92.0 cm³/mol. The van der Waals surface area contributed by atoms with Crippen molar-refractivity contribution in [3.8, 4) is 17.1 Å². The number of methoxy groups -OCH3 is 1. The van der Waals surface area contributed by atoms with Gasteiger partial charge in [0.2, 0.25) is 0 Å². The Morgan fingerprint density at radius 2 is 2.04 bits per heavy atom. The number of aromatic nitrogens is 4. The van der Waals surface area contributed by atoms with Crippen LogP contribution in [0.4, 0.5) is 5.82 Å². The third-order valence-electron chi connectivity index (χ3n) is 4.13. The lowest BCUT2D eigenvalue weighted by Crippen LogP contribution is -2.23. The number of anilines is 1. The smallest absolute Gasteiger partial charge is 0.162 e. The third kappa shape index (κ3) is 2.74. The number of hydrogen-bond acceptors (Lipinski definition) is 7. The van der Waals surface area contributed by atoms with E-state index in [-0.39, 0.29) is 0 Å². The van der Waals surface area contributed by atoms with Gasteiger partial charge in [0.25, 0.3) is 0 Å². The van der Waals surface area contributed by atoms with Crippen LogP contribution in [-0.2, 0) is 0 Å². The van der Waals surface area contributed by atoms with Crippen molar-refractivity contribution in [1.82, 2.24) is 25.3 Å². The largest absolute Gasteiger partial charge is 0.494 e. The van der Waals surface area contributed by atoms with Crippen molar-refractivity contribution >= 4 is 16.7 Å². The summed E-state index contributed by atoms with van der Waals surface area (Å²) in [5.41, 5.74) is 1.67. The fraction of sp³-hybridized carbons (Fsp3) is 0.294. The van der Waals surface area contributed by atoms with E-state index in [1.54, 1.807) is 31.9 Å². The standard InChI is InChI=1S/C17H18N6O/c1-24-14-10-20-9-13-15(14)17(21-12-4-7-19-8-12)23-16(22-13)11-2-5-18-6-3-11/h2-3,5-6,9-10,12,19H,4,7-8H2,1H3,(H,21,22,23)/t12-/m1/s1. The molecule has 1 fully saturated rings. The Hall–Kier alpha value is -2.80. The highest BCUT2D eigenvalue weighted by molar-refractivity contribution is 5.95. The van der Waals surface area contributed by atoms with Gasteiger partial charge in [0, 0.05) is 30.5 Å². The third-order valence-corrected chi connectivity index (χ3v) is 4.13. The molecule has 4 heterocycles. The van der Waals surface area contributed by atoms with Crippen LogP contribution in [0.5, 0.6) is 5.75 Å². The molecule has 0 aliphatic carbocycles. The van der Waals surface area contributed by atoms with E-state index in [4.69, 9.17) is 9.72 Å². The van der Waals surface area contributed by atoms with E-state index in [9.17, 15) is 0 Å². The van der Waals surface area contributed by atoms with Crippen LogP contribution in [0.2, 0.25) is 0 Å². The van der Waals surface area contributed by atoms with Crippen molar-refractivity contribution in [3.05, 3.63) is 36.9 Å². The first-order chi connectivity index (χ1) is 11.8. The fourth-order valence-corrected chi connectivity index (χ4v) is 2.92. The van der Waals surface area contributed by atoms with Gasteiger partial charge in [-0.05, 0) is 25.1 Å². The Labute approximate surface area is 139 Å². The van der Waals surface area contributed by atoms with Gasteiger partial charge in [0.05, 0.1) is 30.4 Å². The average Bonchev–Trinajstić information content (AvgIpc) is 3.14.